The van der Waals surface area contributed by atoms with Gasteiger partial charge in [-0.2, -0.15) is 0 Å². The van der Waals surface area contributed by atoms with Gasteiger partial charge in [0, 0.05) is 6.42 Å². The average molecular weight is 283 g/mol. The van der Waals surface area contributed by atoms with E-state index in [1.807, 2.05) is 0 Å². The summed E-state index contributed by atoms with van der Waals surface area (Å²) < 4.78 is 0. The van der Waals surface area contributed by atoms with Crippen LogP contribution in [0.2, 0.25) is 0 Å². The summed E-state index contributed by atoms with van der Waals surface area (Å²) in [5.41, 5.74) is 0. The molecular weight excluding hydrogens is 246 g/mol. The molecule has 2 nitrogen and oxygen atoms in total. The van der Waals surface area contributed by atoms with E-state index in [0.717, 1.165) is 6.42 Å². The van der Waals surface area contributed by atoms with Crippen LogP contribution in [0, 0.1) is 4.91 Å². The monoisotopic (exact) mass is 283 g/mol. The maximum Gasteiger partial charge on any atom is 0.304 e. The summed E-state index contributed by atoms with van der Waals surface area (Å²) in [4.78, 5) is 9.90. The van der Waals surface area contributed by atoms with E-state index in [1.165, 1.54) is 96.3 Å². The first kappa shape index (κ1) is 19.6. The predicted molar refractivity (Wildman–Crippen MR) is 89.9 cm³/mol. The van der Waals surface area contributed by atoms with Crippen LogP contribution < -0.4 is 5.18 Å². The lowest BCUT2D eigenvalue weighted by molar-refractivity contribution is 0.529. The summed E-state index contributed by atoms with van der Waals surface area (Å²) in [5.74, 6) is 0. The third kappa shape index (κ3) is 17.6. The molecule has 0 aliphatic carbocycles. The van der Waals surface area contributed by atoms with Gasteiger partial charge in [-0.25, -0.2) is 0 Å². The molecule has 20 heavy (non-hydrogen) atoms. The third-order valence-corrected chi connectivity index (χ3v) is 4.10. The number of hydrogen-bond acceptors (Lipinski definition) is 2. The van der Waals surface area contributed by atoms with Gasteiger partial charge in [0.05, 0.1) is 4.91 Å². The van der Waals surface area contributed by atoms with E-state index in [-0.39, 0.29) is 0 Å². The number of unbranched alkanes of at least 4 members (excludes halogenated alkanes) is 15. The molecule has 0 fully saturated rings. The van der Waals surface area contributed by atoms with Crippen LogP contribution >= 0.6 is 0 Å². The number of nitroso groups, excluding NO2 is 1. The van der Waals surface area contributed by atoms with E-state index in [9.17, 15) is 4.91 Å². The van der Waals surface area contributed by atoms with E-state index in [2.05, 4.69) is 12.1 Å². The molecule has 0 heterocycles. The second-order valence-electron chi connectivity index (χ2n) is 6.16. The molecule has 0 unspecified atom stereocenters. The molecule has 0 saturated heterocycles. The highest BCUT2D eigenvalue weighted by molar-refractivity contribution is 4.50. The molecular formula is C18H37NO+. The van der Waals surface area contributed by atoms with E-state index < -0.39 is 0 Å². The predicted octanol–water partition coefficient (Wildman–Crippen LogP) is 6.35. The van der Waals surface area contributed by atoms with Crippen molar-refractivity contribution in [2.75, 3.05) is 6.54 Å². The van der Waals surface area contributed by atoms with Gasteiger partial charge in [0.2, 0.25) is 0 Å². The van der Waals surface area contributed by atoms with Crippen molar-refractivity contribution in [3.8, 4) is 0 Å². The Morgan fingerprint density at radius 1 is 0.500 bits per heavy atom. The van der Waals surface area contributed by atoms with Gasteiger partial charge in [-0.1, -0.05) is 96.8 Å². The highest BCUT2D eigenvalue weighted by Gasteiger charge is 1.97. The fraction of sp³-hybridized carbons (Fsp3) is 1.00. The zero-order chi connectivity index (χ0) is 14.7. The molecule has 119 valence electrons. The zero-order valence-corrected chi connectivity index (χ0v) is 13.9. The first-order valence-corrected chi connectivity index (χ1v) is 9.21. The molecule has 0 N–H and O–H groups in total. The summed E-state index contributed by atoms with van der Waals surface area (Å²) in [6.07, 6.45) is 21.9. The topological polar surface area (TPSA) is 31.2 Å². The quantitative estimate of drug-likeness (QED) is 0.286. The van der Waals surface area contributed by atoms with Crippen LogP contribution in [-0.2, 0) is 0 Å². The molecule has 0 aromatic rings. The van der Waals surface area contributed by atoms with Gasteiger partial charge < -0.3 is 0 Å². The summed E-state index contributed by atoms with van der Waals surface area (Å²) in [7, 11) is 0. The van der Waals surface area contributed by atoms with Crippen molar-refractivity contribution in [1.29, 1.82) is 0 Å². The van der Waals surface area contributed by atoms with Gasteiger partial charge >= 0.3 is 5.18 Å². The molecule has 0 aliphatic heterocycles. The Bertz CT molecular complexity index is 182. The lowest BCUT2D eigenvalue weighted by Gasteiger charge is -2.02. The van der Waals surface area contributed by atoms with Crippen LogP contribution in [0.3, 0.4) is 0 Å². The zero-order valence-electron chi connectivity index (χ0n) is 13.9. The lowest BCUT2D eigenvalue weighted by Crippen LogP contribution is -1.89. The fourth-order valence-corrected chi connectivity index (χ4v) is 2.72. The lowest BCUT2D eigenvalue weighted by atomic mass is 10.0. The average Bonchev–Trinajstić information content (AvgIpc) is 2.47. The number of nitrogens with zero attached hydrogens (tertiary/aromatic N) is 1. The van der Waals surface area contributed by atoms with E-state index in [4.69, 9.17) is 0 Å². The van der Waals surface area contributed by atoms with Crippen molar-refractivity contribution in [3.05, 3.63) is 4.91 Å². The van der Waals surface area contributed by atoms with Gasteiger partial charge in [-0.15, -0.1) is 0 Å². The Kier molecular flexibility index (Phi) is 18.2. The van der Waals surface area contributed by atoms with Crippen LogP contribution in [0.15, 0.2) is 0 Å². The largest absolute Gasteiger partial charge is 0.304 e. The minimum absolute atomic E-state index is 0.512. The molecule has 0 atom stereocenters. The van der Waals surface area contributed by atoms with Crippen LogP contribution in [0.4, 0.5) is 0 Å². The highest BCUT2D eigenvalue weighted by atomic mass is 16.3. The second-order valence-corrected chi connectivity index (χ2v) is 6.16. The Morgan fingerprint density at radius 3 is 1.10 bits per heavy atom. The summed E-state index contributed by atoms with van der Waals surface area (Å²) >= 11 is 0. The highest BCUT2D eigenvalue weighted by Crippen LogP contribution is 2.13. The molecule has 0 bridgehead atoms. The van der Waals surface area contributed by atoms with Crippen molar-refractivity contribution < 1.29 is 0 Å². The molecule has 0 aromatic carbocycles. The minimum Gasteiger partial charge on any atom is -0.0654 e. The van der Waals surface area contributed by atoms with Crippen LogP contribution in [-0.4, -0.2) is 6.54 Å². The molecule has 0 aromatic heterocycles. The van der Waals surface area contributed by atoms with E-state index >= 15 is 0 Å². The molecule has 1 radical (unpaired) electrons. The molecule has 0 saturated carbocycles. The van der Waals surface area contributed by atoms with Gasteiger partial charge in [0.1, 0.15) is 0 Å². The third-order valence-electron chi connectivity index (χ3n) is 4.10. The Hall–Kier alpha value is -0.400. The second kappa shape index (κ2) is 18.6. The molecule has 0 aliphatic rings. The summed E-state index contributed by atoms with van der Waals surface area (Å²) in [5, 5.41) is 2.89. The number of rotatable bonds is 17. The van der Waals surface area contributed by atoms with Gasteiger partial charge in [0.15, 0.2) is 0 Å². The van der Waals surface area contributed by atoms with E-state index in [1.54, 1.807) is 0 Å². The van der Waals surface area contributed by atoms with Gasteiger partial charge in [-0.3, -0.25) is 0 Å². The maximum atomic E-state index is 9.90. The first-order valence-electron chi connectivity index (χ1n) is 9.21. The molecule has 2 heteroatoms. The Morgan fingerprint density at radius 2 is 0.800 bits per heavy atom. The molecule has 0 rings (SSSR count). The standard InChI is InChI=1S/C18H37NO/c1-2-3-4-5-6-7-8-9-10-11-12-13-14-15-16-17-18-19-20/h2-18H2,1H3/q+1. The SMILES string of the molecule is CCCCCCCCCCCCCCCCCC[N+]=O. The number of hydrogen-bond donors (Lipinski definition) is 0. The van der Waals surface area contributed by atoms with Crippen molar-refractivity contribution in [3.63, 3.8) is 0 Å². The first-order chi connectivity index (χ1) is 9.91. The Labute approximate surface area is 127 Å². The van der Waals surface area contributed by atoms with Gasteiger partial charge in [0.25, 0.3) is 6.54 Å². The van der Waals surface area contributed by atoms with Crippen molar-refractivity contribution in [1.82, 2.24) is 5.18 Å². The van der Waals surface area contributed by atoms with Crippen molar-refractivity contribution in [2.24, 2.45) is 0 Å². The normalized spacial score (nSPS) is 10.8. The molecule has 0 amide bonds. The smallest absolute Gasteiger partial charge is 0.0654 e. The summed E-state index contributed by atoms with van der Waals surface area (Å²) in [6.45, 7) is 2.79. The van der Waals surface area contributed by atoms with Crippen molar-refractivity contribution in [2.45, 2.75) is 110 Å². The summed E-state index contributed by atoms with van der Waals surface area (Å²) in [6, 6.07) is 0. The van der Waals surface area contributed by atoms with Crippen LogP contribution in [0.5, 0.6) is 0 Å². The van der Waals surface area contributed by atoms with E-state index in [0.29, 0.717) is 6.54 Å². The van der Waals surface area contributed by atoms with Crippen molar-refractivity contribution >= 4 is 0 Å². The van der Waals surface area contributed by atoms with Crippen LogP contribution in [0.25, 0.3) is 0 Å². The minimum atomic E-state index is 0.512. The van der Waals surface area contributed by atoms with Crippen LogP contribution in [0.1, 0.15) is 110 Å². The fourth-order valence-electron chi connectivity index (χ4n) is 2.72. The maximum absolute atomic E-state index is 9.90. The van der Waals surface area contributed by atoms with Gasteiger partial charge in [-0.05, 0) is 6.42 Å². The Balaban J connectivity index is 2.90. The molecule has 0 spiro atoms.